The molecule has 2 aliphatic rings. The molecule has 1 saturated carbocycles. The van der Waals surface area contributed by atoms with Crippen LogP contribution in [-0.2, 0) is 11.8 Å². The molecule has 1 aliphatic carbocycles. The molecule has 6 nitrogen and oxygen atoms in total. The van der Waals surface area contributed by atoms with E-state index in [1.807, 2.05) is 26.1 Å². The van der Waals surface area contributed by atoms with Crippen LogP contribution in [0, 0.1) is 6.92 Å². The number of carbonyl (C=O) groups is 1. The summed E-state index contributed by atoms with van der Waals surface area (Å²) in [4.78, 5) is 22.1. The van der Waals surface area contributed by atoms with E-state index in [-0.39, 0.29) is 5.91 Å². The molecule has 1 aliphatic heterocycles. The smallest absolute Gasteiger partial charge is 0.264 e. The fraction of sp³-hybridized carbons (Fsp3) is 0.444. The van der Waals surface area contributed by atoms with E-state index in [1.54, 1.807) is 10.9 Å². The molecular weight excluding hydrogens is 334 g/mol. The highest BCUT2D eigenvalue weighted by atomic mass is 32.2. The number of aromatic nitrogens is 3. The van der Waals surface area contributed by atoms with Crippen LogP contribution in [0.4, 0.5) is 0 Å². The Hall–Kier alpha value is -2.15. The predicted molar refractivity (Wildman–Crippen MR) is 101 cm³/mol. The third kappa shape index (κ3) is 3.33. The van der Waals surface area contributed by atoms with Gasteiger partial charge in [0.05, 0.1) is 16.6 Å². The minimum absolute atomic E-state index is 0.0810. The molecule has 7 heteroatoms. The molecule has 2 aromatic rings. The first-order valence-corrected chi connectivity index (χ1v) is 9.50. The van der Waals surface area contributed by atoms with Gasteiger partial charge in [0.2, 0.25) is 0 Å². The van der Waals surface area contributed by atoms with Crippen LogP contribution >= 0.6 is 11.8 Å². The van der Waals surface area contributed by atoms with Crippen molar-refractivity contribution in [2.75, 3.05) is 0 Å². The number of amides is 1. The Labute approximate surface area is 150 Å². The van der Waals surface area contributed by atoms with E-state index >= 15 is 0 Å². The van der Waals surface area contributed by atoms with Crippen LogP contribution in [0.15, 0.2) is 22.2 Å². The topological polar surface area (TPSA) is 72.2 Å². The standard InChI is InChI=1S/C18H21N5OS/c1-11-14-8-12(10-19-16(14)23(2)22-11)9-15-17(24)21-18(25-15)20-13-6-4-3-5-7-13/h8-10,13H,3-7H2,1-2H3,(H,20,21,24)/b15-9-. The minimum Gasteiger partial charge on any atom is -0.301 e. The quantitative estimate of drug-likeness (QED) is 0.840. The summed E-state index contributed by atoms with van der Waals surface area (Å²) >= 11 is 1.42. The summed E-state index contributed by atoms with van der Waals surface area (Å²) in [6.45, 7) is 1.97. The van der Waals surface area contributed by atoms with Crippen LogP contribution < -0.4 is 5.32 Å². The molecule has 130 valence electrons. The average molecular weight is 355 g/mol. The first-order valence-electron chi connectivity index (χ1n) is 8.68. The van der Waals surface area contributed by atoms with Gasteiger partial charge in [0.1, 0.15) is 0 Å². The molecule has 0 atom stereocenters. The summed E-state index contributed by atoms with van der Waals surface area (Å²) in [5.74, 6) is -0.0810. The van der Waals surface area contributed by atoms with E-state index in [2.05, 4.69) is 15.4 Å². The molecule has 0 spiro atoms. The first-order chi connectivity index (χ1) is 12.1. The molecular formula is C18H21N5OS. The van der Waals surface area contributed by atoms with Crippen molar-refractivity contribution >= 4 is 39.9 Å². The van der Waals surface area contributed by atoms with Gasteiger partial charge in [0.15, 0.2) is 10.8 Å². The van der Waals surface area contributed by atoms with Crippen molar-refractivity contribution in [2.45, 2.75) is 45.1 Å². The van der Waals surface area contributed by atoms with E-state index < -0.39 is 0 Å². The second-order valence-corrected chi connectivity index (χ2v) is 7.67. The van der Waals surface area contributed by atoms with Crippen molar-refractivity contribution in [3.63, 3.8) is 0 Å². The number of nitrogens with one attached hydrogen (secondary N) is 1. The Morgan fingerprint density at radius 2 is 2.16 bits per heavy atom. The highest BCUT2D eigenvalue weighted by molar-refractivity contribution is 8.18. The van der Waals surface area contributed by atoms with E-state index in [4.69, 9.17) is 4.99 Å². The number of aryl methyl sites for hydroxylation is 2. The number of rotatable bonds is 2. The Balaban J connectivity index is 1.57. The van der Waals surface area contributed by atoms with Crippen LogP contribution in [0.2, 0.25) is 0 Å². The van der Waals surface area contributed by atoms with Gasteiger partial charge >= 0.3 is 0 Å². The lowest BCUT2D eigenvalue weighted by atomic mass is 9.96. The Bertz CT molecular complexity index is 892. The SMILES string of the molecule is Cc1nn(C)c2ncc(/C=C3\SC(=NC4CCCCC4)NC3=O)cc12. The van der Waals surface area contributed by atoms with Crippen molar-refractivity contribution < 1.29 is 4.79 Å². The number of carbonyl (C=O) groups excluding carboxylic acids is 1. The van der Waals surface area contributed by atoms with Crippen molar-refractivity contribution in [1.82, 2.24) is 20.1 Å². The molecule has 1 N–H and O–H groups in total. The number of hydrogen-bond donors (Lipinski definition) is 1. The summed E-state index contributed by atoms with van der Waals surface area (Å²) in [5, 5.41) is 9.02. The van der Waals surface area contributed by atoms with Gasteiger partial charge in [-0.25, -0.2) is 4.98 Å². The first kappa shape index (κ1) is 16.3. The summed E-state index contributed by atoms with van der Waals surface area (Å²) < 4.78 is 1.77. The lowest BCUT2D eigenvalue weighted by Gasteiger charge is -2.17. The molecule has 3 heterocycles. The fourth-order valence-electron chi connectivity index (χ4n) is 3.42. The lowest BCUT2D eigenvalue weighted by molar-refractivity contribution is -0.115. The van der Waals surface area contributed by atoms with Crippen LogP contribution in [0.25, 0.3) is 17.1 Å². The summed E-state index contributed by atoms with van der Waals surface area (Å²) in [5.41, 5.74) is 2.69. The number of fused-ring (bicyclic) bond motifs is 1. The third-order valence-electron chi connectivity index (χ3n) is 4.71. The third-order valence-corrected chi connectivity index (χ3v) is 5.63. The zero-order valence-corrected chi connectivity index (χ0v) is 15.3. The van der Waals surface area contributed by atoms with E-state index in [0.717, 1.165) is 40.3 Å². The number of pyridine rings is 1. The predicted octanol–water partition coefficient (Wildman–Crippen LogP) is 3.17. The second kappa shape index (κ2) is 6.63. The highest BCUT2D eigenvalue weighted by Crippen LogP contribution is 2.29. The van der Waals surface area contributed by atoms with Gasteiger partial charge in [-0.05, 0) is 49.2 Å². The van der Waals surface area contributed by atoms with Gasteiger partial charge in [-0.1, -0.05) is 19.3 Å². The molecule has 2 fully saturated rings. The molecule has 0 radical (unpaired) electrons. The summed E-state index contributed by atoms with van der Waals surface area (Å²) in [6, 6.07) is 2.38. The van der Waals surface area contributed by atoms with Gasteiger partial charge in [-0.2, -0.15) is 5.10 Å². The average Bonchev–Trinajstić information content (AvgIpc) is 3.08. The number of aliphatic imine (C=N–C) groups is 1. The number of amidine groups is 1. The van der Waals surface area contributed by atoms with E-state index in [0.29, 0.717) is 10.9 Å². The molecule has 0 unspecified atom stereocenters. The minimum atomic E-state index is -0.0810. The van der Waals surface area contributed by atoms with Crippen molar-refractivity contribution in [1.29, 1.82) is 0 Å². The van der Waals surface area contributed by atoms with Crippen molar-refractivity contribution in [2.24, 2.45) is 12.0 Å². The Morgan fingerprint density at radius 1 is 1.36 bits per heavy atom. The molecule has 0 aromatic carbocycles. The van der Waals surface area contributed by atoms with Crippen LogP contribution in [0.5, 0.6) is 0 Å². The Morgan fingerprint density at radius 3 is 2.96 bits per heavy atom. The number of nitrogens with zero attached hydrogens (tertiary/aromatic N) is 4. The lowest BCUT2D eigenvalue weighted by Crippen LogP contribution is -2.22. The van der Waals surface area contributed by atoms with E-state index in [9.17, 15) is 4.79 Å². The zero-order chi connectivity index (χ0) is 17.4. The van der Waals surface area contributed by atoms with Crippen LogP contribution in [-0.4, -0.2) is 31.9 Å². The highest BCUT2D eigenvalue weighted by Gasteiger charge is 2.25. The molecule has 1 saturated heterocycles. The molecule has 4 rings (SSSR count). The van der Waals surface area contributed by atoms with Gasteiger partial charge in [0, 0.05) is 18.6 Å². The van der Waals surface area contributed by atoms with Crippen LogP contribution in [0.1, 0.15) is 43.4 Å². The maximum Gasteiger partial charge on any atom is 0.264 e. The maximum atomic E-state index is 12.2. The van der Waals surface area contributed by atoms with Crippen molar-refractivity contribution in [3.05, 3.63) is 28.4 Å². The molecule has 1 amide bonds. The molecule has 25 heavy (non-hydrogen) atoms. The van der Waals surface area contributed by atoms with Gasteiger partial charge < -0.3 is 5.32 Å². The molecule has 0 bridgehead atoms. The number of thioether (sulfide) groups is 1. The van der Waals surface area contributed by atoms with Crippen LogP contribution in [0.3, 0.4) is 0 Å². The van der Waals surface area contributed by atoms with Gasteiger partial charge in [-0.15, -0.1) is 0 Å². The Kier molecular flexibility index (Phi) is 4.33. The normalized spacial score (nSPS) is 22.2. The van der Waals surface area contributed by atoms with E-state index in [1.165, 1.54) is 31.0 Å². The summed E-state index contributed by atoms with van der Waals surface area (Å²) in [6.07, 6.45) is 9.68. The van der Waals surface area contributed by atoms with Crippen molar-refractivity contribution in [3.8, 4) is 0 Å². The maximum absolute atomic E-state index is 12.2. The van der Waals surface area contributed by atoms with Gasteiger partial charge in [0.25, 0.3) is 5.91 Å². The fourth-order valence-corrected chi connectivity index (χ4v) is 4.31. The summed E-state index contributed by atoms with van der Waals surface area (Å²) in [7, 11) is 1.88. The number of hydrogen-bond acceptors (Lipinski definition) is 5. The monoisotopic (exact) mass is 355 g/mol. The second-order valence-electron chi connectivity index (χ2n) is 6.64. The van der Waals surface area contributed by atoms with Gasteiger partial charge in [-0.3, -0.25) is 14.5 Å². The zero-order valence-electron chi connectivity index (χ0n) is 14.5. The largest absolute Gasteiger partial charge is 0.301 e. The molecule has 2 aromatic heterocycles.